The lowest BCUT2D eigenvalue weighted by atomic mass is 10.3. The van der Waals surface area contributed by atoms with Gasteiger partial charge >= 0.3 is 0 Å². The summed E-state index contributed by atoms with van der Waals surface area (Å²) in [7, 11) is 5.28. The number of nitrogens with one attached hydrogen (secondary N) is 1. The Labute approximate surface area is 79.5 Å². The third-order valence-electron chi connectivity index (χ3n) is 1.67. The maximum Gasteiger partial charge on any atom is 0.254 e. The van der Waals surface area contributed by atoms with Gasteiger partial charge in [-0.15, -0.1) is 0 Å². The van der Waals surface area contributed by atoms with E-state index in [-0.39, 0.29) is 5.91 Å². The first-order valence-corrected chi connectivity index (χ1v) is 4.01. The molecule has 4 nitrogen and oxygen atoms in total. The van der Waals surface area contributed by atoms with E-state index in [9.17, 15) is 4.79 Å². The van der Waals surface area contributed by atoms with Crippen molar-refractivity contribution < 1.29 is 4.79 Å². The molecule has 74 valence electrons. The van der Waals surface area contributed by atoms with E-state index >= 15 is 0 Å². The number of amides is 1. The van der Waals surface area contributed by atoms with Gasteiger partial charge < -0.3 is 9.91 Å². The minimum absolute atomic E-state index is 0.0582. The van der Waals surface area contributed by atoms with E-state index in [1.165, 1.54) is 11.1 Å². The van der Waals surface area contributed by atoms with Crippen molar-refractivity contribution in [1.29, 1.82) is 0 Å². The van der Waals surface area contributed by atoms with Crippen LogP contribution in [0.1, 0.15) is 6.92 Å². The third kappa shape index (κ3) is 3.75. The zero-order valence-electron chi connectivity index (χ0n) is 8.66. The van der Waals surface area contributed by atoms with Crippen LogP contribution in [0.5, 0.6) is 0 Å². The average Bonchev–Trinajstić information content (AvgIpc) is 2.14. The first-order valence-electron chi connectivity index (χ1n) is 4.01. The Morgan fingerprint density at radius 2 is 2.00 bits per heavy atom. The lowest BCUT2D eigenvalue weighted by molar-refractivity contribution is -0.123. The third-order valence-corrected chi connectivity index (χ3v) is 1.67. The van der Waals surface area contributed by atoms with Gasteiger partial charge in [0.2, 0.25) is 0 Å². The molecule has 0 saturated carbocycles. The van der Waals surface area contributed by atoms with Crippen molar-refractivity contribution >= 4 is 5.91 Å². The van der Waals surface area contributed by atoms with Crippen LogP contribution in [-0.4, -0.2) is 37.0 Å². The molecule has 0 aromatic heterocycles. The molecule has 0 bridgehead atoms. The summed E-state index contributed by atoms with van der Waals surface area (Å²) < 4.78 is 0. The number of hydrogen-bond donors (Lipinski definition) is 1. The van der Waals surface area contributed by atoms with Gasteiger partial charge in [0.1, 0.15) is 0 Å². The van der Waals surface area contributed by atoms with E-state index in [2.05, 4.69) is 12.0 Å². The first kappa shape index (κ1) is 11.7. The fourth-order valence-electron chi connectivity index (χ4n) is 0.771. The summed E-state index contributed by atoms with van der Waals surface area (Å²) in [5, 5.41) is 1.71. The Balaban J connectivity index is 4.40. The van der Waals surface area contributed by atoms with Crippen LogP contribution < -0.4 is 5.43 Å². The Kier molecular flexibility index (Phi) is 4.84. The van der Waals surface area contributed by atoms with Crippen LogP contribution in [0.3, 0.4) is 0 Å². The number of rotatable bonds is 4. The molecule has 0 aliphatic heterocycles. The van der Waals surface area contributed by atoms with E-state index in [0.29, 0.717) is 5.57 Å². The highest BCUT2D eigenvalue weighted by Gasteiger charge is 2.07. The molecular formula is C9H17N3O. The van der Waals surface area contributed by atoms with Crippen molar-refractivity contribution in [3.63, 3.8) is 0 Å². The quantitative estimate of drug-likeness (QED) is 0.511. The maximum absolute atomic E-state index is 11.5. The molecule has 0 rings (SSSR count). The molecule has 0 unspecified atom stereocenters. The van der Waals surface area contributed by atoms with Crippen molar-refractivity contribution in [2.75, 3.05) is 21.1 Å². The Morgan fingerprint density at radius 3 is 2.38 bits per heavy atom. The molecule has 0 spiro atoms. The number of carbonyl (C=O) groups excluding carboxylic acids is 1. The molecule has 0 aromatic rings. The van der Waals surface area contributed by atoms with Crippen LogP contribution in [0.4, 0.5) is 0 Å². The second-order valence-electron chi connectivity index (χ2n) is 2.75. The fourth-order valence-corrected chi connectivity index (χ4v) is 0.771. The van der Waals surface area contributed by atoms with Crippen LogP contribution in [-0.2, 0) is 4.79 Å². The van der Waals surface area contributed by atoms with Gasteiger partial charge in [-0.3, -0.25) is 4.79 Å². The van der Waals surface area contributed by atoms with Gasteiger partial charge in [0.05, 0.1) is 0 Å². The molecule has 4 heteroatoms. The Hall–Kier alpha value is -1.29. The zero-order chi connectivity index (χ0) is 10.4. The van der Waals surface area contributed by atoms with Crippen molar-refractivity contribution in [1.82, 2.24) is 15.3 Å². The molecule has 0 aromatic carbocycles. The molecule has 0 saturated heterocycles. The van der Waals surface area contributed by atoms with Crippen molar-refractivity contribution in [3.8, 4) is 0 Å². The Morgan fingerprint density at radius 1 is 1.46 bits per heavy atom. The molecular weight excluding hydrogens is 166 g/mol. The number of carbonyl (C=O) groups is 1. The van der Waals surface area contributed by atoms with Crippen LogP contribution in [0, 0.1) is 0 Å². The lowest BCUT2D eigenvalue weighted by Gasteiger charge is -2.15. The molecule has 1 N–H and O–H groups in total. The summed E-state index contributed by atoms with van der Waals surface area (Å²) in [6, 6.07) is 0. The largest absolute Gasteiger partial charge is 0.319 e. The topological polar surface area (TPSA) is 35.6 Å². The van der Waals surface area contributed by atoms with Gasteiger partial charge in [-0.25, -0.2) is 5.43 Å². The molecule has 1 amide bonds. The second-order valence-corrected chi connectivity index (χ2v) is 2.75. The molecule has 13 heavy (non-hydrogen) atoms. The van der Waals surface area contributed by atoms with Crippen LogP contribution in [0.2, 0.25) is 0 Å². The lowest BCUT2D eigenvalue weighted by Crippen LogP contribution is -2.28. The summed E-state index contributed by atoms with van der Waals surface area (Å²) in [4.78, 5) is 12.9. The second kappa shape index (κ2) is 5.37. The van der Waals surface area contributed by atoms with E-state index < -0.39 is 0 Å². The first-order chi connectivity index (χ1) is 6.02. The maximum atomic E-state index is 11.5. The van der Waals surface area contributed by atoms with Crippen molar-refractivity contribution in [2.45, 2.75) is 6.92 Å². The molecule has 0 fully saturated rings. The van der Waals surface area contributed by atoms with E-state index in [1.807, 2.05) is 7.05 Å². The number of likely N-dealkylation sites (N-methyl/N-ethyl adjacent to an activating group) is 1. The summed E-state index contributed by atoms with van der Waals surface area (Å²) in [6.07, 6.45) is 3.21. The van der Waals surface area contributed by atoms with Gasteiger partial charge in [0.25, 0.3) is 5.91 Å². The van der Waals surface area contributed by atoms with Gasteiger partial charge in [-0.05, 0) is 13.1 Å². The highest BCUT2D eigenvalue weighted by Crippen LogP contribution is 1.99. The minimum Gasteiger partial charge on any atom is -0.319 e. The van der Waals surface area contributed by atoms with Gasteiger partial charge in [-0.2, -0.15) is 0 Å². The van der Waals surface area contributed by atoms with Crippen LogP contribution in [0.15, 0.2) is 24.6 Å². The van der Waals surface area contributed by atoms with Crippen LogP contribution in [0.25, 0.3) is 0 Å². The fraction of sp³-hybridized carbons (Fsp3) is 0.444. The molecule has 0 atom stereocenters. The van der Waals surface area contributed by atoms with Crippen LogP contribution >= 0.6 is 0 Å². The summed E-state index contributed by atoms with van der Waals surface area (Å²) in [5.41, 5.74) is 3.52. The number of hydrazine groups is 1. The summed E-state index contributed by atoms with van der Waals surface area (Å²) >= 11 is 0. The number of nitrogens with zero attached hydrogens (tertiary/aromatic N) is 2. The monoisotopic (exact) mass is 183 g/mol. The normalized spacial score (nSPS) is 10.9. The molecule has 0 heterocycles. The average molecular weight is 183 g/mol. The highest BCUT2D eigenvalue weighted by atomic mass is 16.2. The van der Waals surface area contributed by atoms with Crippen molar-refractivity contribution in [3.05, 3.63) is 24.6 Å². The molecule has 0 radical (unpaired) electrons. The van der Waals surface area contributed by atoms with Gasteiger partial charge in [0, 0.05) is 32.9 Å². The predicted molar refractivity (Wildman–Crippen MR) is 53.5 cm³/mol. The molecule has 0 aliphatic carbocycles. The van der Waals surface area contributed by atoms with Crippen molar-refractivity contribution in [2.24, 2.45) is 0 Å². The Bertz CT molecular complexity index is 223. The smallest absolute Gasteiger partial charge is 0.254 e. The summed E-state index contributed by atoms with van der Waals surface area (Å²) in [6.45, 7) is 5.27. The van der Waals surface area contributed by atoms with Gasteiger partial charge in [-0.1, -0.05) is 6.58 Å². The van der Waals surface area contributed by atoms with E-state index in [1.54, 1.807) is 32.2 Å². The summed E-state index contributed by atoms with van der Waals surface area (Å²) in [5.74, 6) is -0.0582. The SMILES string of the molecule is C=CN(C)C(=O)/C(C)=C/N(C)NC. The highest BCUT2D eigenvalue weighted by molar-refractivity contribution is 5.93. The number of hydrogen-bond acceptors (Lipinski definition) is 3. The minimum atomic E-state index is -0.0582. The predicted octanol–water partition coefficient (Wildman–Crippen LogP) is 0.558. The molecule has 0 aliphatic rings. The van der Waals surface area contributed by atoms with E-state index in [4.69, 9.17) is 0 Å². The van der Waals surface area contributed by atoms with E-state index in [0.717, 1.165) is 0 Å². The zero-order valence-corrected chi connectivity index (χ0v) is 8.66. The standard InChI is InChI=1S/C9H17N3O/c1-6-11(4)9(13)8(2)7-12(5)10-3/h6-7,10H,1H2,2-5H3/b8-7+. The van der Waals surface area contributed by atoms with Gasteiger partial charge in [0.15, 0.2) is 0 Å².